The van der Waals surface area contributed by atoms with Gasteiger partial charge >= 0.3 is 0 Å². The SMILES string of the molecule is CCC(N)C(O)c1cc(C)ccn1. The Labute approximate surface area is 78.6 Å². The van der Waals surface area contributed by atoms with E-state index in [0.717, 1.165) is 12.0 Å². The summed E-state index contributed by atoms with van der Waals surface area (Å²) in [6.07, 6.45) is 1.79. The Morgan fingerprint density at radius 3 is 2.85 bits per heavy atom. The van der Waals surface area contributed by atoms with Gasteiger partial charge < -0.3 is 10.8 Å². The molecule has 3 N–H and O–H groups in total. The van der Waals surface area contributed by atoms with Gasteiger partial charge in [-0.2, -0.15) is 0 Å². The fraction of sp³-hybridized carbons (Fsp3) is 0.500. The second kappa shape index (κ2) is 4.35. The highest BCUT2D eigenvalue weighted by Gasteiger charge is 2.15. The summed E-state index contributed by atoms with van der Waals surface area (Å²) in [5.41, 5.74) is 7.46. The van der Waals surface area contributed by atoms with Crippen LogP contribution < -0.4 is 5.73 Å². The van der Waals surface area contributed by atoms with Crippen LogP contribution in [0.5, 0.6) is 0 Å². The van der Waals surface area contributed by atoms with E-state index in [-0.39, 0.29) is 6.04 Å². The zero-order chi connectivity index (χ0) is 9.84. The number of hydrogen-bond acceptors (Lipinski definition) is 3. The lowest BCUT2D eigenvalue weighted by Gasteiger charge is -2.16. The van der Waals surface area contributed by atoms with Gasteiger partial charge in [-0.3, -0.25) is 4.98 Å². The summed E-state index contributed by atoms with van der Waals surface area (Å²) in [5, 5.41) is 9.73. The third-order valence-electron chi connectivity index (χ3n) is 2.12. The minimum Gasteiger partial charge on any atom is -0.385 e. The maximum atomic E-state index is 9.73. The second-order valence-electron chi connectivity index (χ2n) is 3.27. The van der Waals surface area contributed by atoms with Crippen LogP contribution in [0.1, 0.15) is 30.7 Å². The molecule has 0 bridgehead atoms. The van der Waals surface area contributed by atoms with Crippen LogP contribution in [-0.2, 0) is 0 Å². The van der Waals surface area contributed by atoms with E-state index in [1.54, 1.807) is 6.20 Å². The minimum absolute atomic E-state index is 0.228. The molecule has 0 radical (unpaired) electrons. The van der Waals surface area contributed by atoms with Crippen molar-refractivity contribution < 1.29 is 5.11 Å². The first-order valence-electron chi connectivity index (χ1n) is 4.51. The maximum absolute atomic E-state index is 9.73. The molecule has 2 atom stereocenters. The van der Waals surface area contributed by atoms with Gasteiger partial charge in [0, 0.05) is 12.2 Å². The number of rotatable bonds is 3. The molecule has 0 saturated carbocycles. The lowest BCUT2D eigenvalue weighted by molar-refractivity contribution is 0.140. The predicted molar refractivity (Wildman–Crippen MR) is 52.2 cm³/mol. The highest BCUT2D eigenvalue weighted by atomic mass is 16.3. The molecule has 13 heavy (non-hydrogen) atoms. The summed E-state index contributed by atoms with van der Waals surface area (Å²) >= 11 is 0. The van der Waals surface area contributed by atoms with Crippen LogP contribution in [0.4, 0.5) is 0 Å². The molecule has 3 heteroatoms. The molecular weight excluding hydrogens is 164 g/mol. The highest BCUT2D eigenvalue weighted by molar-refractivity contribution is 5.17. The van der Waals surface area contributed by atoms with E-state index in [1.165, 1.54) is 0 Å². The van der Waals surface area contributed by atoms with Crippen LogP contribution in [0.15, 0.2) is 18.3 Å². The number of nitrogens with two attached hydrogens (primary N) is 1. The van der Waals surface area contributed by atoms with Crippen molar-refractivity contribution in [1.29, 1.82) is 0 Å². The lowest BCUT2D eigenvalue weighted by Crippen LogP contribution is -2.27. The monoisotopic (exact) mass is 180 g/mol. The summed E-state index contributed by atoms with van der Waals surface area (Å²) in [7, 11) is 0. The van der Waals surface area contributed by atoms with Crippen molar-refractivity contribution in [2.24, 2.45) is 5.73 Å². The molecule has 1 heterocycles. The van der Waals surface area contributed by atoms with Gasteiger partial charge in [0.05, 0.1) is 5.69 Å². The molecule has 1 aromatic heterocycles. The Hall–Kier alpha value is -0.930. The lowest BCUT2D eigenvalue weighted by atomic mass is 10.0. The van der Waals surface area contributed by atoms with E-state index in [9.17, 15) is 5.11 Å². The molecule has 3 nitrogen and oxygen atoms in total. The number of aliphatic hydroxyl groups is 1. The second-order valence-corrected chi connectivity index (χ2v) is 3.27. The highest BCUT2D eigenvalue weighted by Crippen LogP contribution is 2.15. The van der Waals surface area contributed by atoms with Gasteiger partial charge in [-0.1, -0.05) is 6.92 Å². The van der Waals surface area contributed by atoms with Crippen molar-refractivity contribution in [3.63, 3.8) is 0 Å². The standard InChI is InChI=1S/C10H16N2O/c1-3-8(11)10(13)9-6-7(2)4-5-12-9/h4-6,8,10,13H,3,11H2,1-2H3. The quantitative estimate of drug-likeness (QED) is 0.733. The van der Waals surface area contributed by atoms with Crippen LogP contribution in [0.25, 0.3) is 0 Å². The number of nitrogens with zero attached hydrogens (tertiary/aromatic N) is 1. The fourth-order valence-electron chi connectivity index (χ4n) is 1.16. The molecule has 0 aliphatic rings. The summed E-state index contributed by atoms with van der Waals surface area (Å²) < 4.78 is 0. The minimum atomic E-state index is -0.648. The largest absolute Gasteiger partial charge is 0.385 e. The van der Waals surface area contributed by atoms with E-state index in [2.05, 4.69) is 4.98 Å². The molecule has 2 unspecified atom stereocenters. The smallest absolute Gasteiger partial charge is 0.111 e. The van der Waals surface area contributed by atoms with Gasteiger partial charge in [-0.25, -0.2) is 0 Å². The molecule has 0 aliphatic carbocycles. The first-order valence-corrected chi connectivity index (χ1v) is 4.51. The molecule has 0 fully saturated rings. The van der Waals surface area contributed by atoms with Crippen molar-refractivity contribution in [1.82, 2.24) is 4.98 Å². The van der Waals surface area contributed by atoms with Crippen LogP contribution in [0.3, 0.4) is 0 Å². The van der Waals surface area contributed by atoms with Gasteiger partial charge in [0.2, 0.25) is 0 Å². The number of pyridine rings is 1. The van der Waals surface area contributed by atoms with E-state index in [0.29, 0.717) is 5.69 Å². The molecule has 1 aromatic rings. The van der Waals surface area contributed by atoms with Crippen LogP contribution in [0.2, 0.25) is 0 Å². The molecule has 0 amide bonds. The number of aryl methyl sites for hydroxylation is 1. The van der Waals surface area contributed by atoms with Gasteiger partial charge in [-0.05, 0) is 31.0 Å². The van der Waals surface area contributed by atoms with E-state index in [1.807, 2.05) is 26.0 Å². The van der Waals surface area contributed by atoms with Crippen molar-refractivity contribution in [3.8, 4) is 0 Å². The Bertz CT molecular complexity index is 275. The van der Waals surface area contributed by atoms with Crippen LogP contribution >= 0.6 is 0 Å². The van der Waals surface area contributed by atoms with E-state index < -0.39 is 6.10 Å². The Morgan fingerprint density at radius 2 is 2.31 bits per heavy atom. The summed E-state index contributed by atoms with van der Waals surface area (Å²) in [6.45, 7) is 3.92. The van der Waals surface area contributed by atoms with Gasteiger partial charge in [0.15, 0.2) is 0 Å². The predicted octanol–water partition coefficient (Wildman–Crippen LogP) is 1.16. The van der Waals surface area contributed by atoms with E-state index in [4.69, 9.17) is 5.73 Å². The molecule has 72 valence electrons. The van der Waals surface area contributed by atoms with Crippen molar-refractivity contribution in [3.05, 3.63) is 29.6 Å². The van der Waals surface area contributed by atoms with Gasteiger partial charge in [-0.15, -0.1) is 0 Å². The summed E-state index contributed by atoms with van der Waals surface area (Å²) in [6, 6.07) is 3.53. The Balaban J connectivity index is 2.82. The maximum Gasteiger partial charge on any atom is 0.111 e. The number of hydrogen-bond donors (Lipinski definition) is 2. The van der Waals surface area contributed by atoms with Gasteiger partial charge in [0.1, 0.15) is 6.10 Å². The van der Waals surface area contributed by atoms with Crippen molar-refractivity contribution >= 4 is 0 Å². The summed E-state index contributed by atoms with van der Waals surface area (Å²) in [4.78, 5) is 4.08. The normalized spacial score (nSPS) is 15.4. The van der Waals surface area contributed by atoms with Crippen molar-refractivity contribution in [2.45, 2.75) is 32.4 Å². The zero-order valence-electron chi connectivity index (χ0n) is 8.07. The first kappa shape index (κ1) is 10.2. The van der Waals surface area contributed by atoms with Crippen molar-refractivity contribution in [2.75, 3.05) is 0 Å². The Morgan fingerprint density at radius 1 is 1.62 bits per heavy atom. The first-order chi connectivity index (χ1) is 6.15. The number of aromatic nitrogens is 1. The topological polar surface area (TPSA) is 59.1 Å². The molecule has 0 aliphatic heterocycles. The summed E-state index contributed by atoms with van der Waals surface area (Å²) in [5.74, 6) is 0. The molecule has 0 saturated heterocycles. The van der Waals surface area contributed by atoms with E-state index >= 15 is 0 Å². The Kier molecular flexibility index (Phi) is 3.39. The van der Waals surface area contributed by atoms with Gasteiger partial charge in [0.25, 0.3) is 0 Å². The van der Waals surface area contributed by atoms with Crippen LogP contribution in [0, 0.1) is 6.92 Å². The fourth-order valence-corrected chi connectivity index (χ4v) is 1.16. The zero-order valence-corrected chi connectivity index (χ0v) is 8.07. The molecular formula is C10H16N2O. The average molecular weight is 180 g/mol. The van der Waals surface area contributed by atoms with Crippen LogP contribution in [-0.4, -0.2) is 16.1 Å². The molecule has 0 aromatic carbocycles. The molecule has 0 spiro atoms. The molecule has 1 rings (SSSR count). The third kappa shape index (κ3) is 2.50. The number of aliphatic hydroxyl groups excluding tert-OH is 1. The third-order valence-corrected chi connectivity index (χ3v) is 2.12. The average Bonchev–Trinajstić information content (AvgIpc) is 2.15.